The van der Waals surface area contributed by atoms with Gasteiger partial charge in [-0.05, 0) is 6.42 Å². The molecule has 0 heterocycles. The molecule has 0 spiro atoms. The zero-order valence-electron chi connectivity index (χ0n) is 5.20. The summed E-state index contributed by atoms with van der Waals surface area (Å²) in [6, 6.07) is 0. The lowest BCUT2D eigenvalue weighted by Gasteiger charge is -1.65. The van der Waals surface area contributed by atoms with Gasteiger partial charge in [-0.2, -0.15) is 0 Å². The lowest BCUT2D eigenvalue weighted by atomic mass is 10.6. The molecule has 0 aromatic carbocycles. The largest absolute Gasteiger partial charge is 0.388 e. The second-order valence-electron chi connectivity index (χ2n) is 1.10. The Labute approximate surface area is 50.6 Å². The molecule has 0 saturated heterocycles. The van der Waals surface area contributed by atoms with Gasteiger partial charge in [-0.15, -0.1) is 11.6 Å². The van der Waals surface area contributed by atoms with E-state index in [-0.39, 0.29) is 0 Å². The number of hydrogen-bond acceptors (Lipinski definition) is 1. The first-order valence-corrected chi connectivity index (χ1v) is 2.83. The molecule has 0 saturated carbocycles. The minimum atomic E-state index is 0.792. The Hall–Kier alpha value is 0.250. The summed E-state index contributed by atoms with van der Waals surface area (Å²) in [7, 11) is 3.25. The summed E-state index contributed by atoms with van der Waals surface area (Å²) < 4.78 is 4.25. The third kappa shape index (κ3) is 72.2. The van der Waals surface area contributed by atoms with Crippen molar-refractivity contribution in [2.75, 3.05) is 20.1 Å². The second kappa shape index (κ2) is 16.3. The molecule has 0 radical (unpaired) electrons. The molecule has 7 heavy (non-hydrogen) atoms. The Morgan fingerprint density at radius 1 is 1.43 bits per heavy atom. The van der Waals surface area contributed by atoms with Gasteiger partial charge in [-0.25, -0.2) is 0 Å². The Balaban J connectivity index is 0. The van der Waals surface area contributed by atoms with E-state index in [0.29, 0.717) is 0 Å². The Morgan fingerprint density at radius 2 is 1.57 bits per heavy atom. The highest BCUT2D eigenvalue weighted by Crippen LogP contribution is 1.75. The van der Waals surface area contributed by atoms with Crippen LogP contribution in [0.5, 0.6) is 0 Å². The van der Waals surface area contributed by atoms with Crippen molar-refractivity contribution in [2.45, 2.75) is 13.3 Å². The van der Waals surface area contributed by atoms with Gasteiger partial charge in [0, 0.05) is 20.1 Å². The summed E-state index contributed by atoms with van der Waals surface area (Å²) in [4.78, 5) is 0. The zero-order valence-corrected chi connectivity index (χ0v) is 5.96. The summed E-state index contributed by atoms with van der Waals surface area (Å²) in [6.07, 6.45) is 1.08. The fourth-order valence-electron chi connectivity index (χ4n) is 0. The molecule has 0 fully saturated rings. The highest BCUT2D eigenvalue weighted by atomic mass is 35.5. The van der Waals surface area contributed by atoms with Crippen molar-refractivity contribution < 1.29 is 4.74 Å². The lowest BCUT2D eigenvalue weighted by Crippen LogP contribution is -1.55. The van der Waals surface area contributed by atoms with Gasteiger partial charge in [0.1, 0.15) is 0 Å². The van der Waals surface area contributed by atoms with Crippen LogP contribution < -0.4 is 0 Å². The van der Waals surface area contributed by atoms with Crippen molar-refractivity contribution in [3.63, 3.8) is 0 Å². The van der Waals surface area contributed by atoms with Crippen LogP contribution >= 0.6 is 11.6 Å². The Bertz CT molecular complexity index is 15.6. The van der Waals surface area contributed by atoms with Gasteiger partial charge in [0.2, 0.25) is 0 Å². The monoisotopic (exact) mass is 124 g/mol. The SMILES string of the molecule is CCCCl.COC. The van der Waals surface area contributed by atoms with Crippen LogP contribution in [0.25, 0.3) is 0 Å². The molecule has 1 nitrogen and oxygen atoms in total. The Morgan fingerprint density at radius 3 is 1.57 bits per heavy atom. The van der Waals surface area contributed by atoms with E-state index in [2.05, 4.69) is 4.74 Å². The maximum absolute atomic E-state index is 5.19. The molecule has 0 aromatic heterocycles. The maximum Gasteiger partial charge on any atom is 0.0351 e. The first-order valence-electron chi connectivity index (χ1n) is 2.29. The molecule has 0 rings (SSSR count). The van der Waals surface area contributed by atoms with Crippen molar-refractivity contribution in [1.29, 1.82) is 0 Å². The van der Waals surface area contributed by atoms with Crippen LogP contribution in [0.15, 0.2) is 0 Å². The van der Waals surface area contributed by atoms with Gasteiger partial charge in [0.15, 0.2) is 0 Å². The average Bonchev–Trinajstić information content (AvgIpc) is 1.69. The number of halogens is 1. The summed E-state index contributed by atoms with van der Waals surface area (Å²) in [5, 5.41) is 0. The van der Waals surface area contributed by atoms with Crippen LogP contribution in [0.3, 0.4) is 0 Å². The van der Waals surface area contributed by atoms with Crippen LogP contribution in [-0.2, 0) is 4.74 Å². The van der Waals surface area contributed by atoms with Crippen LogP contribution in [0.1, 0.15) is 13.3 Å². The average molecular weight is 125 g/mol. The summed E-state index contributed by atoms with van der Waals surface area (Å²) in [5.74, 6) is 0.792. The normalized spacial score (nSPS) is 6.86. The maximum atomic E-state index is 5.19. The van der Waals surface area contributed by atoms with E-state index in [1.807, 2.05) is 6.92 Å². The number of rotatable bonds is 1. The quantitative estimate of drug-likeness (QED) is 0.485. The zero-order chi connectivity index (χ0) is 6.12. The van der Waals surface area contributed by atoms with E-state index < -0.39 is 0 Å². The van der Waals surface area contributed by atoms with E-state index in [9.17, 15) is 0 Å². The molecule has 0 aliphatic heterocycles. The van der Waals surface area contributed by atoms with Crippen LogP contribution in [0, 0.1) is 0 Å². The summed E-state index contributed by atoms with van der Waals surface area (Å²) in [5.41, 5.74) is 0. The van der Waals surface area contributed by atoms with Crippen molar-refractivity contribution in [3.05, 3.63) is 0 Å². The highest BCUT2D eigenvalue weighted by Gasteiger charge is 1.59. The van der Waals surface area contributed by atoms with Crippen molar-refractivity contribution >= 4 is 11.6 Å². The fourth-order valence-corrected chi connectivity index (χ4v) is 0. The molecule has 0 N–H and O–H groups in total. The molecular formula is C5H13ClO. The van der Waals surface area contributed by atoms with Crippen LogP contribution in [0.4, 0.5) is 0 Å². The third-order valence-corrected chi connectivity index (χ3v) is 0.567. The first kappa shape index (κ1) is 10.3. The van der Waals surface area contributed by atoms with Crippen LogP contribution in [-0.4, -0.2) is 20.1 Å². The standard InChI is InChI=1S/C3H7Cl.C2H6O/c1-2-3-4;1-3-2/h2-3H2,1H3;1-2H3. The second-order valence-corrected chi connectivity index (χ2v) is 1.48. The number of ether oxygens (including phenoxy) is 1. The van der Waals surface area contributed by atoms with Gasteiger partial charge in [-0.3, -0.25) is 0 Å². The van der Waals surface area contributed by atoms with Crippen molar-refractivity contribution in [3.8, 4) is 0 Å². The van der Waals surface area contributed by atoms with Crippen molar-refractivity contribution in [1.82, 2.24) is 0 Å². The minimum Gasteiger partial charge on any atom is -0.388 e. The Kier molecular flexibility index (Phi) is 23.9. The molecule has 0 aliphatic rings. The van der Waals surface area contributed by atoms with Gasteiger partial charge >= 0.3 is 0 Å². The minimum absolute atomic E-state index is 0.792. The van der Waals surface area contributed by atoms with Gasteiger partial charge in [0.05, 0.1) is 0 Å². The topological polar surface area (TPSA) is 9.23 Å². The van der Waals surface area contributed by atoms with Crippen molar-refractivity contribution in [2.24, 2.45) is 0 Å². The molecule has 0 aromatic rings. The first-order chi connectivity index (χ1) is 3.33. The molecular weight excluding hydrogens is 112 g/mol. The molecule has 0 atom stereocenters. The number of methoxy groups -OCH3 is 1. The summed E-state index contributed by atoms with van der Waals surface area (Å²) >= 11 is 5.19. The predicted molar refractivity (Wildman–Crippen MR) is 33.9 cm³/mol. The number of alkyl halides is 1. The van der Waals surface area contributed by atoms with E-state index in [1.165, 1.54) is 0 Å². The van der Waals surface area contributed by atoms with E-state index in [1.54, 1.807) is 14.2 Å². The van der Waals surface area contributed by atoms with Crippen LogP contribution in [0.2, 0.25) is 0 Å². The lowest BCUT2D eigenvalue weighted by molar-refractivity contribution is 0.277. The predicted octanol–water partition coefficient (Wildman–Crippen LogP) is 1.90. The highest BCUT2D eigenvalue weighted by molar-refractivity contribution is 6.17. The molecule has 0 aliphatic carbocycles. The molecule has 0 bridgehead atoms. The fraction of sp³-hybridized carbons (Fsp3) is 1.00. The van der Waals surface area contributed by atoms with Gasteiger partial charge in [0.25, 0.3) is 0 Å². The number of hydrogen-bond donors (Lipinski definition) is 0. The molecule has 46 valence electrons. The smallest absolute Gasteiger partial charge is 0.0351 e. The summed E-state index contributed by atoms with van der Waals surface area (Å²) in [6.45, 7) is 2.05. The van der Waals surface area contributed by atoms with E-state index in [0.717, 1.165) is 12.3 Å². The molecule has 0 unspecified atom stereocenters. The van der Waals surface area contributed by atoms with E-state index >= 15 is 0 Å². The molecule has 2 heteroatoms. The van der Waals surface area contributed by atoms with E-state index in [4.69, 9.17) is 11.6 Å². The van der Waals surface area contributed by atoms with Gasteiger partial charge < -0.3 is 4.74 Å². The molecule has 0 amide bonds. The van der Waals surface area contributed by atoms with Gasteiger partial charge in [-0.1, -0.05) is 6.92 Å². The third-order valence-electron chi connectivity index (χ3n) is 0.189.